The second kappa shape index (κ2) is 21.1. The third kappa shape index (κ3) is 16.4. The average molecular weight is 819 g/mol. The number of nitrogens with one attached hydrogen (secondary N) is 1. The molecule has 0 aliphatic heterocycles. The van der Waals surface area contributed by atoms with Gasteiger partial charge in [-0.3, -0.25) is 14.4 Å². The second-order valence-corrected chi connectivity index (χ2v) is 16.7. The number of carbonyl (C=O) groups excluding carboxylic acids is 3. The summed E-state index contributed by atoms with van der Waals surface area (Å²) in [4.78, 5) is 37.8. The average Bonchev–Trinajstić information content (AvgIpc) is 3.16. The van der Waals surface area contributed by atoms with Gasteiger partial charge < -0.3 is 29.2 Å². The molecule has 0 aliphatic rings. The predicted octanol–water partition coefficient (Wildman–Crippen LogP) is 9.33. The minimum atomic E-state index is -5.02. The highest BCUT2D eigenvalue weighted by Crippen LogP contribution is 2.25. The molecular formula is C47H57F3N2O7. The van der Waals surface area contributed by atoms with Gasteiger partial charge in [0.1, 0.15) is 31.3 Å². The molecule has 318 valence electrons. The lowest BCUT2D eigenvalue weighted by atomic mass is 9.87. The molecule has 0 heterocycles. The fourth-order valence-corrected chi connectivity index (χ4v) is 6.18. The van der Waals surface area contributed by atoms with Gasteiger partial charge in [0.15, 0.2) is 0 Å². The molecule has 0 saturated carbocycles. The van der Waals surface area contributed by atoms with Crippen molar-refractivity contribution in [1.82, 2.24) is 10.2 Å². The molecule has 0 saturated heterocycles. The van der Waals surface area contributed by atoms with Crippen LogP contribution in [0.1, 0.15) is 86.4 Å². The largest absolute Gasteiger partial charge is 0.490 e. The highest BCUT2D eigenvalue weighted by atomic mass is 19.4. The van der Waals surface area contributed by atoms with E-state index in [0.29, 0.717) is 43.0 Å². The number of nitrogens with zero attached hydrogens (tertiary/aromatic N) is 1. The summed E-state index contributed by atoms with van der Waals surface area (Å²) in [6.07, 6.45) is -5.33. The lowest BCUT2D eigenvalue weighted by Crippen LogP contribution is -2.40. The van der Waals surface area contributed by atoms with Crippen LogP contribution in [0, 0.1) is 19.3 Å². The Labute approximate surface area is 346 Å². The number of rotatable bonds is 20. The van der Waals surface area contributed by atoms with Crippen LogP contribution in [-0.4, -0.2) is 55.3 Å². The molecular weight excluding hydrogens is 762 g/mol. The Bertz CT molecular complexity index is 1950. The molecule has 1 N–H and O–H groups in total. The minimum absolute atomic E-state index is 0.0845. The summed E-state index contributed by atoms with van der Waals surface area (Å²) < 4.78 is 62.7. The summed E-state index contributed by atoms with van der Waals surface area (Å²) in [5, 5.41) is 3.40. The molecule has 0 fully saturated rings. The van der Waals surface area contributed by atoms with Crippen LogP contribution >= 0.6 is 0 Å². The van der Waals surface area contributed by atoms with Gasteiger partial charge in [-0.25, -0.2) is 0 Å². The molecule has 0 bridgehead atoms. The summed E-state index contributed by atoms with van der Waals surface area (Å²) in [5.74, 6) is -1.46. The Kier molecular flexibility index (Phi) is 16.5. The molecule has 1 amide bonds. The normalized spacial score (nSPS) is 11.8. The summed E-state index contributed by atoms with van der Waals surface area (Å²) in [6, 6.07) is 27.8. The first kappa shape index (κ1) is 46.3. The first-order chi connectivity index (χ1) is 27.8. The van der Waals surface area contributed by atoms with Gasteiger partial charge in [-0.15, -0.1) is 0 Å². The van der Waals surface area contributed by atoms with Gasteiger partial charge in [-0.1, -0.05) is 112 Å². The number of hydrogen-bond acceptors (Lipinski definition) is 8. The van der Waals surface area contributed by atoms with Crippen molar-refractivity contribution < 1.29 is 46.5 Å². The number of ether oxygens (including phenoxy) is 4. The summed E-state index contributed by atoms with van der Waals surface area (Å²) in [7, 11) is 0. The molecule has 59 heavy (non-hydrogen) atoms. The summed E-state index contributed by atoms with van der Waals surface area (Å²) in [6.45, 7) is 15.8. The molecule has 0 aromatic heterocycles. The Morgan fingerprint density at radius 2 is 1.12 bits per heavy atom. The number of hydrogen-bond donors (Lipinski definition) is 1. The maximum absolute atomic E-state index is 13.4. The van der Waals surface area contributed by atoms with Crippen LogP contribution in [0.4, 0.5) is 13.2 Å². The smallest absolute Gasteiger partial charge is 0.471 e. The lowest BCUT2D eigenvalue weighted by molar-refractivity contribution is -0.186. The van der Waals surface area contributed by atoms with Gasteiger partial charge in [0.25, 0.3) is 0 Å². The molecule has 0 spiro atoms. The minimum Gasteiger partial charge on any atom is -0.490 e. The van der Waals surface area contributed by atoms with E-state index in [1.54, 1.807) is 36.4 Å². The number of amides is 1. The first-order valence-corrected chi connectivity index (χ1v) is 19.7. The molecule has 4 aromatic rings. The highest BCUT2D eigenvalue weighted by Gasteiger charge is 2.42. The van der Waals surface area contributed by atoms with Crippen LogP contribution in [0.15, 0.2) is 91.0 Å². The van der Waals surface area contributed by atoms with Gasteiger partial charge in [0.2, 0.25) is 0 Å². The van der Waals surface area contributed by atoms with E-state index in [1.165, 1.54) is 5.56 Å². The van der Waals surface area contributed by atoms with Crippen LogP contribution in [0.5, 0.6) is 11.5 Å². The van der Waals surface area contributed by atoms with Crippen molar-refractivity contribution in [3.05, 3.63) is 130 Å². The van der Waals surface area contributed by atoms with Crippen molar-refractivity contribution in [2.24, 2.45) is 5.41 Å². The van der Waals surface area contributed by atoms with Crippen molar-refractivity contribution >= 4 is 17.8 Å². The van der Waals surface area contributed by atoms with E-state index in [4.69, 9.17) is 18.9 Å². The molecule has 0 atom stereocenters. The van der Waals surface area contributed by atoms with E-state index in [0.717, 1.165) is 33.1 Å². The third-order valence-electron chi connectivity index (χ3n) is 9.34. The second-order valence-electron chi connectivity index (χ2n) is 16.7. The van der Waals surface area contributed by atoms with Crippen LogP contribution in [-0.2, 0) is 55.5 Å². The van der Waals surface area contributed by atoms with Gasteiger partial charge in [-0.2, -0.15) is 13.2 Å². The zero-order valence-electron chi connectivity index (χ0n) is 35.2. The maximum Gasteiger partial charge on any atom is 0.471 e. The van der Waals surface area contributed by atoms with Gasteiger partial charge in [0, 0.05) is 31.6 Å². The van der Waals surface area contributed by atoms with Crippen LogP contribution in [0.2, 0.25) is 0 Å². The number of aryl methyl sites for hydroxylation is 2. The monoisotopic (exact) mass is 818 g/mol. The molecule has 12 heteroatoms. The van der Waals surface area contributed by atoms with E-state index in [2.05, 4.69) is 38.2 Å². The van der Waals surface area contributed by atoms with E-state index in [-0.39, 0.29) is 50.0 Å². The van der Waals surface area contributed by atoms with Crippen molar-refractivity contribution in [3.8, 4) is 11.5 Å². The quantitative estimate of drug-likeness (QED) is 0.0696. The number of esters is 2. The zero-order chi connectivity index (χ0) is 43.2. The molecule has 4 aromatic carbocycles. The van der Waals surface area contributed by atoms with Crippen molar-refractivity contribution in [2.45, 2.75) is 99.1 Å². The van der Waals surface area contributed by atoms with Gasteiger partial charge in [0.05, 0.1) is 19.4 Å². The number of alkyl halides is 3. The number of benzene rings is 4. The standard InChI is InChI=1S/C47H57F3N2O7/c1-33-24-34(2)26-38(25-33)29-52(44(55)47(48,49)50)28-36-8-10-37(11-9-36)30-58-42(53)20-21-43(54)59-32-46(6,7)31-51-27-35-12-16-40(17-13-35)56-22-23-57-41-18-14-39(15-19-41)45(3,4)5/h8-19,24-26,51H,20-23,27-32H2,1-7H3. The predicted molar refractivity (Wildman–Crippen MR) is 221 cm³/mol. The fourth-order valence-electron chi connectivity index (χ4n) is 6.18. The first-order valence-electron chi connectivity index (χ1n) is 19.7. The van der Waals surface area contributed by atoms with E-state index in [1.807, 2.05) is 70.2 Å². The van der Waals surface area contributed by atoms with Crippen molar-refractivity contribution in [1.29, 1.82) is 0 Å². The Morgan fingerprint density at radius 3 is 1.66 bits per heavy atom. The summed E-state index contributed by atoms with van der Waals surface area (Å²) >= 11 is 0. The van der Waals surface area contributed by atoms with Crippen molar-refractivity contribution in [2.75, 3.05) is 26.4 Å². The Morgan fingerprint density at radius 1 is 0.627 bits per heavy atom. The maximum atomic E-state index is 13.4. The molecule has 9 nitrogen and oxygen atoms in total. The molecule has 4 rings (SSSR count). The van der Waals surface area contributed by atoms with Crippen LogP contribution in [0.25, 0.3) is 0 Å². The zero-order valence-corrected chi connectivity index (χ0v) is 35.2. The number of carbonyl (C=O) groups is 3. The molecule has 0 radical (unpaired) electrons. The van der Waals surface area contributed by atoms with Gasteiger partial charge in [-0.05, 0) is 71.3 Å². The van der Waals surface area contributed by atoms with Crippen molar-refractivity contribution in [3.63, 3.8) is 0 Å². The third-order valence-corrected chi connectivity index (χ3v) is 9.34. The SMILES string of the molecule is Cc1cc(C)cc(CN(Cc2ccc(COC(=O)CCC(=O)OCC(C)(C)CNCc3ccc(OCCOc4ccc(C(C)(C)C)cc4)cc3)cc2)C(=O)C(F)(F)F)c1. The Hall–Kier alpha value is -5.36. The van der Waals surface area contributed by atoms with E-state index < -0.39 is 24.0 Å². The van der Waals surface area contributed by atoms with Crippen LogP contribution < -0.4 is 14.8 Å². The Balaban J connectivity index is 1.10. The lowest BCUT2D eigenvalue weighted by Gasteiger charge is -2.24. The van der Waals surface area contributed by atoms with Gasteiger partial charge >= 0.3 is 24.0 Å². The number of halogens is 3. The topological polar surface area (TPSA) is 103 Å². The molecule has 0 aliphatic carbocycles. The molecule has 0 unspecified atom stereocenters. The van der Waals surface area contributed by atoms with E-state index in [9.17, 15) is 27.6 Å². The fraction of sp³-hybridized carbons (Fsp3) is 0.426. The van der Waals surface area contributed by atoms with E-state index >= 15 is 0 Å². The summed E-state index contributed by atoms with van der Waals surface area (Å²) in [5.41, 5.74) is 5.52. The van der Waals surface area contributed by atoms with Crippen LogP contribution in [0.3, 0.4) is 0 Å². The highest BCUT2D eigenvalue weighted by molar-refractivity contribution is 5.82.